The lowest BCUT2D eigenvalue weighted by Crippen LogP contribution is -2.31. The SMILES string of the molecule is COC(=O)c1cc2cc(C3(O)SCCC3O)ccc2s1. The van der Waals surface area contributed by atoms with Gasteiger partial charge in [-0.25, -0.2) is 4.79 Å². The molecule has 6 heteroatoms. The van der Waals surface area contributed by atoms with Gasteiger partial charge in [0.2, 0.25) is 0 Å². The molecule has 2 atom stereocenters. The van der Waals surface area contributed by atoms with E-state index in [-0.39, 0.29) is 5.97 Å². The first-order valence-electron chi connectivity index (χ1n) is 6.21. The molecule has 0 aliphatic carbocycles. The number of rotatable bonds is 2. The van der Waals surface area contributed by atoms with E-state index in [2.05, 4.69) is 0 Å². The number of ether oxygens (including phenoxy) is 1. The van der Waals surface area contributed by atoms with E-state index in [0.717, 1.165) is 15.8 Å². The highest BCUT2D eigenvalue weighted by Gasteiger charge is 2.42. The van der Waals surface area contributed by atoms with Gasteiger partial charge in [-0.1, -0.05) is 6.07 Å². The van der Waals surface area contributed by atoms with Crippen LogP contribution in [-0.4, -0.2) is 35.1 Å². The Morgan fingerprint density at radius 2 is 2.25 bits per heavy atom. The van der Waals surface area contributed by atoms with E-state index in [1.165, 1.54) is 30.2 Å². The summed E-state index contributed by atoms with van der Waals surface area (Å²) < 4.78 is 5.66. The van der Waals surface area contributed by atoms with Crippen molar-refractivity contribution in [3.8, 4) is 0 Å². The number of carbonyl (C=O) groups excluding carboxylic acids is 1. The molecule has 1 aromatic carbocycles. The summed E-state index contributed by atoms with van der Waals surface area (Å²) in [6.45, 7) is 0. The van der Waals surface area contributed by atoms with Crippen molar-refractivity contribution in [3.63, 3.8) is 0 Å². The van der Waals surface area contributed by atoms with Crippen molar-refractivity contribution in [2.45, 2.75) is 17.5 Å². The van der Waals surface area contributed by atoms with Crippen LogP contribution >= 0.6 is 23.1 Å². The summed E-state index contributed by atoms with van der Waals surface area (Å²) in [5, 5.41) is 21.4. The highest BCUT2D eigenvalue weighted by Crippen LogP contribution is 2.45. The van der Waals surface area contributed by atoms with Gasteiger partial charge >= 0.3 is 5.97 Å². The summed E-state index contributed by atoms with van der Waals surface area (Å²) in [5.74, 6) is 0.369. The average Bonchev–Trinajstić information content (AvgIpc) is 3.02. The fraction of sp³-hybridized carbons (Fsp3) is 0.357. The maximum atomic E-state index is 11.5. The first kappa shape index (κ1) is 13.9. The van der Waals surface area contributed by atoms with Gasteiger partial charge in [-0.3, -0.25) is 0 Å². The van der Waals surface area contributed by atoms with Crippen LogP contribution in [0.3, 0.4) is 0 Å². The van der Waals surface area contributed by atoms with Gasteiger partial charge in [-0.2, -0.15) is 0 Å². The maximum absolute atomic E-state index is 11.5. The van der Waals surface area contributed by atoms with Gasteiger partial charge in [-0.15, -0.1) is 23.1 Å². The van der Waals surface area contributed by atoms with Crippen LogP contribution < -0.4 is 0 Å². The van der Waals surface area contributed by atoms with Crippen LogP contribution in [0.2, 0.25) is 0 Å². The minimum Gasteiger partial charge on any atom is -0.465 e. The van der Waals surface area contributed by atoms with Crippen molar-refractivity contribution < 1.29 is 19.7 Å². The van der Waals surface area contributed by atoms with Crippen molar-refractivity contribution in [2.24, 2.45) is 0 Å². The third-order valence-corrected chi connectivity index (χ3v) is 5.97. The Balaban J connectivity index is 2.04. The molecule has 2 heterocycles. The van der Waals surface area contributed by atoms with Crippen molar-refractivity contribution >= 4 is 39.2 Å². The molecule has 1 aromatic heterocycles. The van der Waals surface area contributed by atoms with Gasteiger partial charge in [0.1, 0.15) is 4.88 Å². The monoisotopic (exact) mass is 310 g/mol. The Bertz CT molecular complexity index is 666. The zero-order valence-corrected chi connectivity index (χ0v) is 12.5. The second kappa shape index (κ2) is 5.04. The smallest absolute Gasteiger partial charge is 0.348 e. The Kier molecular flexibility index (Phi) is 3.50. The van der Waals surface area contributed by atoms with E-state index in [9.17, 15) is 15.0 Å². The van der Waals surface area contributed by atoms with Crippen LogP contribution in [0.4, 0.5) is 0 Å². The Hall–Kier alpha value is -1.08. The zero-order chi connectivity index (χ0) is 14.3. The van der Waals surface area contributed by atoms with E-state index >= 15 is 0 Å². The van der Waals surface area contributed by atoms with Gasteiger partial charge < -0.3 is 14.9 Å². The number of carbonyl (C=O) groups is 1. The van der Waals surface area contributed by atoms with Gasteiger partial charge in [0.05, 0.1) is 13.2 Å². The third-order valence-electron chi connectivity index (χ3n) is 3.48. The number of thiophene rings is 1. The first-order valence-corrected chi connectivity index (χ1v) is 8.01. The summed E-state index contributed by atoms with van der Waals surface area (Å²) in [7, 11) is 1.35. The van der Waals surface area contributed by atoms with E-state index in [1.54, 1.807) is 12.1 Å². The van der Waals surface area contributed by atoms with Crippen molar-refractivity contribution in [2.75, 3.05) is 12.9 Å². The number of benzene rings is 1. The predicted octanol–water partition coefficient (Wildman–Crippen LogP) is 2.33. The summed E-state index contributed by atoms with van der Waals surface area (Å²) in [6, 6.07) is 7.26. The number of aliphatic hydroxyl groups is 2. The molecule has 2 unspecified atom stereocenters. The van der Waals surface area contributed by atoms with Gasteiger partial charge in [-0.05, 0) is 41.3 Å². The highest BCUT2D eigenvalue weighted by atomic mass is 32.2. The molecule has 1 aliphatic rings. The molecule has 4 nitrogen and oxygen atoms in total. The van der Waals surface area contributed by atoms with Crippen LogP contribution in [0, 0.1) is 0 Å². The molecule has 0 spiro atoms. The number of fused-ring (bicyclic) bond motifs is 1. The van der Waals surface area contributed by atoms with Crippen LogP contribution in [0.5, 0.6) is 0 Å². The molecule has 2 N–H and O–H groups in total. The quantitative estimate of drug-likeness (QED) is 0.833. The number of methoxy groups -OCH3 is 1. The molecule has 0 amide bonds. The van der Waals surface area contributed by atoms with E-state index in [1.807, 2.05) is 12.1 Å². The van der Waals surface area contributed by atoms with Crippen molar-refractivity contribution in [3.05, 3.63) is 34.7 Å². The number of esters is 1. The standard InChI is InChI=1S/C14H14O4S2/c1-18-13(16)11-7-8-6-9(2-3-10(8)20-11)14(17)12(15)4-5-19-14/h2-3,6-7,12,15,17H,4-5H2,1H3. The summed E-state index contributed by atoms with van der Waals surface area (Å²) in [6.07, 6.45) is -0.181. The zero-order valence-electron chi connectivity index (χ0n) is 10.8. The number of thioether (sulfide) groups is 1. The fourth-order valence-electron chi connectivity index (χ4n) is 2.36. The average molecular weight is 310 g/mol. The lowest BCUT2D eigenvalue weighted by molar-refractivity contribution is -0.00196. The van der Waals surface area contributed by atoms with E-state index < -0.39 is 11.0 Å². The van der Waals surface area contributed by atoms with Gasteiger partial charge in [0.15, 0.2) is 4.93 Å². The van der Waals surface area contributed by atoms with E-state index in [4.69, 9.17) is 4.74 Å². The number of aliphatic hydroxyl groups excluding tert-OH is 1. The van der Waals surface area contributed by atoms with Gasteiger partial charge in [0.25, 0.3) is 0 Å². The third kappa shape index (κ3) is 2.13. The highest BCUT2D eigenvalue weighted by molar-refractivity contribution is 8.00. The molecule has 0 radical (unpaired) electrons. The minimum atomic E-state index is -1.25. The second-order valence-electron chi connectivity index (χ2n) is 4.70. The summed E-state index contributed by atoms with van der Waals surface area (Å²) in [4.78, 5) is 10.8. The number of hydrogen-bond acceptors (Lipinski definition) is 6. The lowest BCUT2D eigenvalue weighted by Gasteiger charge is -2.26. The predicted molar refractivity (Wildman–Crippen MR) is 80.1 cm³/mol. The van der Waals surface area contributed by atoms with E-state index in [0.29, 0.717) is 16.9 Å². The lowest BCUT2D eigenvalue weighted by atomic mass is 10.0. The molecule has 106 valence electrons. The van der Waals surface area contributed by atoms with Crippen LogP contribution in [0.1, 0.15) is 21.7 Å². The molecule has 0 bridgehead atoms. The Labute approximate surface area is 124 Å². The molecular formula is C14H14O4S2. The fourth-order valence-corrected chi connectivity index (χ4v) is 4.58. The Morgan fingerprint density at radius 1 is 1.45 bits per heavy atom. The Morgan fingerprint density at radius 3 is 2.90 bits per heavy atom. The van der Waals surface area contributed by atoms with Crippen LogP contribution in [0.15, 0.2) is 24.3 Å². The first-order chi connectivity index (χ1) is 9.54. The molecule has 20 heavy (non-hydrogen) atoms. The normalized spacial score (nSPS) is 26.1. The van der Waals surface area contributed by atoms with Crippen molar-refractivity contribution in [1.29, 1.82) is 0 Å². The molecule has 0 saturated carbocycles. The maximum Gasteiger partial charge on any atom is 0.348 e. The summed E-state index contributed by atoms with van der Waals surface area (Å²) in [5.41, 5.74) is 0.675. The van der Waals surface area contributed by atoms with Crippen LogP contribution in [0.25, 0.3) is 10.1 Å². The molecule has 2 aromatic rings. The molecule has 1 saturated heterocycles. The largest absolute Gasteiger partial charge is 0.465 e. The molecular weight excluding hydrogens is 296 g/mol. The van der Waals surface area contributed by atoms with Gasteiger partial charge in [0, 0.05) is 4.70 Å². The second-order valence-corrected chi connectivity index (χ2v) is 7.11. The number of hydrogen-bond donors (Lipinski definition) is 2. The molecule has 1 aliphatic heterocycles. The van der Waals surface area contributed by atoms with Crippen molar-refractivity contribution in [1.82, 2.24) is 0 Å². The molecule has 3 rings (SSSR count). The molecule has 1 fully saturated rings. The summed E-state index contributed by atoms with van der Waals surface area (Å²) >= 11 is 2.70. The van der Waals surface area contributed by atoms with Crippen LogP contribution in [-0.2, 0) is 9.67 Å². The minimum absolute atomic E-state index is 0.360. The topological polar surface area (TPSA) is 66.8 Å².